The fraction of sp³-hybridized carbons (Fsp3) is 0.889. The van der Waals surface area contributed by atoms with Crippen molar-refractivity contribution in [2.24, 2.45) is 0 Å². The van der Waals surface area contributed by atoms with Gasteiger partial charge in [-0.2, -0.15) is 0 Å². The van der Waals surface area contributed by atoms with Crippen molar-refractivity contribution in [3.63, 3.8) is 0 Å². The quantitative estimate of drug-likeness (QED) is 0.557. The van der Waals surface area contributed by atoms with Crippen LogP contribution < -0.4 is 0 Å². The topological polar surface area (TPSA) is 23.8 Å². The van der Waals surface area contributed by atoms with Crippen molar-refractivity contribution < 1.29 is 0 Å². The normalized spacial score (nSPS) is 9.58. The van der Waals surface area contributed by atoms with Gasteiger partial charge < -0.3 is 0 Å². The summed E-state index contributed by atoms with van der Waals surface area (Å²) in [4.78, 5) is 1.62. The Morgan fingerprint density at radius 3 is 1.17 bits per heavy atom. The first-order valence-electron chi connectivity index (χ1n) is 4.52. The summed E-state index contributed by atoms with van der Waals surface area (Å²) in [5.41, 5.74) is 0. The van der Waals surface area contributed by atoms with E-state index in [9.17, 15) is 0 Å². The number of rotatable bonds is 4. The monoisotopic (exact) mass is 253 g/mol. The van der Waals surface area contributed by atoms with Crippen LogP contribution in [0.5, 0.6) is 0 Å². The van der Waals surface area contributed by atoms with E-state index in [1.807, 2.05) is 0 Å². The van der Waals surface area contributed by atoms with Gasteiger partial charge in [0, 0.05) is 7.26 Å². The Morgan fingerprint density at radius 1 is 1.00 bits per heavy atom. The van der Waals surface area contributed by atoms with Crippen LogP contribution in [0.3, 0.4) is 0 Å². The molecule has 0 fully saturated rings. The van der Waals surface area contributed by atoms with E-state index >= 15 is 0 Å². The molecular formula is C9H20NPSe. The van der Waals surface area contributed by atoms with Gasteiger partial charge in [-0.25, -0.2) is 0 Å². The molecule has 0 aromatic carbocycles. The fourth-order valence-electron chi connectivity index (χ4n) is 1.34. The molecular weight excluding hydrogens is 232 g/mol. The Balaban J connectivity index is 0. The van der Waals surface area contributed by atoms with Crippen LogP contribution in [-0.4, -0.2) is 40.7 Å². The Morgan fingerprint density at radius 2 is 1.17 bits per heavy atom. The summed E-state index contributed by atoms with van der Waals surface area (Å²) < 4.78 is 0. The molecule has 0 rings (SSSR count). The third-order valence-corrected chi connectivity index (χ3v) is 8.05. The minimum atomic E-state index is -0.420. The van der Waals surface area contributed by atoms with Gasteiger partial charge in [0.25, 0.3) is 0 Å². The van der Waals surface area contributed by atoms with Gasteiger partial charge in [-0.3, -0.25) is 0 Å². The van der Waals surface area contributed by atoms with Gasteiger partial charge in [0.15, 0.2) is 0 Å². The summed E-state index contributed by atoms with van der Waals surface area (Å²) in [5, 5.41) is 7.26. The molecule has 0 saturated heterocycles. The number of hydrogen-bond acceptors (Lipinski definition) is 1. The van der Waals surface area contributed by atoms with Gasteiger partial charge in [0.1, 0.15) is 0 Å². The van der Waals surface area contributed by atoms with E-state index < -0.39 is 7.26 Å². The van der Waals surface area contributed by atoms with Crippen LogP contribution >= 0.6 is 7.26 Å². The molecule has 1 nitrogen and oxygen atoms in total. The van der Waals surface area contributed by atoms with E-state index in [0.29, 0.717) is 0 Å². The van der Waals surface area contributed by atoms with Crippen molar-refractivity contribution in [1.29, 1.82) is 5.26 Å². The SMILES string of the molecule is CC[P+](CC)(CC)CC.N#C[Se-]. The third-order valence-electron chi connectivity index (χ3n) is 2.68. The van der Waals surface area contributed by atoms with E-state index in [2.05, 4.69) is 43.7 Å². The van der Waals surface area contributed by atoms with Gasteiger partial charge in [-0.15, -0.1) is 0 Å². The summed E-state index contributed by atoms with van der Waals surface area (Å²) in [6.45, 7) is 9.41. The van der Waals surface area contributed by atoms with Crippen LogP contribution in [-0.2, 0) is 0 Å². The van der Waals surface area contributed by atoms with Crippen molar-refractivity contribution in [3.8, 4) is 4.97 Å². The summed E-state index contributed by atoms with van der Waals surface area (Å²) in [7, 11) is -0.420. The molecule has 0 aliphatic rings. The summed E-state index contributed by atoms with van der Waals surface area (Å²) in [6, 6.07) is 0. The van der Waals surface area contributed by atoms with E-state index in [1.54, 1.807) is 4.97 Å². The first kappa shape index (κ1) is 14.9. The van der Waals surface area contributed by atoms with Crippen molar-refractivity contribution in [2.75, 3.05) is 24.6 Å². The van der Waals surface area contributed by atoms with Crippen LogP contribution in [0.15, 0.2) is 0 Å². The second-order valence-corrected chi connectivity index (χ2v) is 8.29. The van der Waals surface area contributed by atoms with Crippen LogP contribution in [0.4, 0.5) is 0 Å². The van der Waals surface area contributed by atoms with Crippen molar-refractivity contribution in [3.05, 3.63) is 0 Å². The predicted molar refractivity (Wildman–Crippen MR) is 60.5 cm³/mol. The number of nitriles is 1. The molecule has 0 atom stereocenters. The van der Waals surface area contributed by atoms with E-state index in [4.69, 9.17) is 5.26 Å². The molecule has 0 saturated carbocycles. The molecule has 0 amide bonds. The summed E-state index contributed by atoms with van der Waals surface area (Å²) in [5.74, 6) is 0. The second kappa shape index (κ2) is 9.53. The maximum absolute atomic E-state index is 7.26. The molecule has 0 aliphatic carbocycles. The van der Waals surface area contributed by atoms with E-state index in [-0.39, 0.29) is 0 Å². The molecule has 0 unspecified atom stereocenters. The molecule has 0 aromatic rings. The van der Waals surface area contributed by atoms with Gasteiger partial charge in [0.05, 0.1) is 24.6 Å². The van der Waals surface area contributed by atoms with Gasteiger partial charge in [-0.1, -0.05) is 0 Å². The van der Waals surface area contributed by atoms with Gasteiger partial charge in [-0.05, 0) is 27.7 Å². The Hall–Kier alpha value is 0.439. The zero-order chi connectivity index (χ0) is 10.0. The van der Waals surface area contributed by atoms with E-state index in [0.717, 1.165) is 0 Å². The molecule has 0 N–H and O–H groups in total. The number of hydrogen-bond donors (Lipinski definition) is 0. The molecule has 12 heavy (non-hydrogen) atoms. The zero-order valence-electron chi connectivity index (χ0n) is 8.63. The second-order valence-electron chi connectivity index (χ2n) is 2.70. The van der Waals surface area contributed by atoms with Gasteiger partial charge >= 0.3 is 26.2 Å². The molecule has 3 heteroatoms. The van der Waals surface area contributed by atoms with Crippen molar-refractivity contribution >= 4 is 23.3 Å². The predicted octanol–water partition coefficient (Wildman–Crippen LogP) is 2.72. The molecule has 0 heterocycles. The Labute approximate surface area is 86.1 Å². The average Bonchev–Trinajstić information content (AvgIpc) is 2.11. The maximum atomic E-state index is 7.26. The summed E-state index contributed by atoms with van der Waals surface area (Å²) in [6.07, 6.45) is 5.82. The first-order valence-corrected chi connectivity index (χ1v) is 7.91. The van der Waals surface area contributed by atoms with Crippen molar-refractivity contribution in [2.45, 2.75) is 27.7 Å². The van der Waals surface area contributed by atoms with Crippen molar-refractivity contribution in [1.82, 2.24) is 0 Å². The van der Waals surface area contributed by atoms with Crippen LogP contribution in [0.2, 0.25) is 0 Å². The number of nitrogens with zero attached hydrogens (tertiary/aromatic N) is 1. The third kappa shape index (κ3) is 6.01. The van der Waals surface area contributed by atoms with Gasteiger partial charge in [0.2, 0.25) is 0 Å². The van der Waals surface area contributed by atoms with Crippen LogP contribution in [0, 0.1) is 10.2 Å². The average molecular weight is 252 g/mol. The molecule has 0 aromatic heterocycles. The van der Waals surface area contributed by atoms with E-state index in [1.165, 1.54) is 24.6 Å². The molecule has 0 bridgehead atoms. The van der Waals surface area contributed by atoms with Crippen LogP contribution in [0.1, 0.15) is 27.7 Å². The minimum absolute atomic E-state index is 0.420. The first-order chi connectivity index (χ1) is 5.66. The standard InChI is InChI=1S/C8H20P.CHNSe/c1-5-9(6-2,7-3)8-4;2-1-3/h5-8H2,1-4H3;3H/q+1;/p-1. The molecule has 0 radical (unpaired) electrons. The fourth-order valence-corrected chi connectivity index (χ4v) is 4.02. The Bertz CT molecular complexity index is 109. The van der Waals surface area contributed by atoms with Crippen LogP contribution in [0.25, 0.3) is 0 Å². The molecule has 0 aliphatic heterocycles. The summed E-state index contributed by atoms with van der Waals surface area (Å²) >= 11 is 2.11. The Kier molecular flexibility index (Phi) is 11.9. The zero-order valence-corrected chi connectivity index (χ0v) is 11.2. The molecule has 72 valence electrons. The molecule has 0 spiro atoms.